The number of carbonyl (C=O) groups excluding carboxylic acids is 1. The van der Waals surface area contributed by atoms with E-state index in [-0.39, 0.29) is 30.0 Å². The zero-order valence-electron chi connectivity index (χ0n) is 13.0. The zero-order chi connectivity index (χ0) is 15.2. The fraction of sp³-hybridized carbons (Fsp3) is 0.857. The molecule has 1 atom stereocenters. The number of nitrogens with one attached hydrogen (secondary N) is 1. The average molecular weight is 272 g/mol. The van der Waals surface area contributed by atoms with E-state index in [0.29, 0.717) is 13.0 Å². The van der Waals surface area contributed by atoms with Crippen molar-refractivity contribution in [1.82, 2.24) is 10.2 Å². The van der Waals surface area contributed by atoms with Gasteiger partial charge < -0.3 is 15.3 Å². The molecule has 0 spiro atoms. The Labute approximate surface area is 116 Å². The van der Waals surface area contributed by atoms with Crippen molar-refractivity contribution in [3.63, 3.8) is 0 Å². The molecule has 2 amide bonds. The van der Waals surface area contributed by atoms with Crippen molar-refractivity contribution in [3.05, 3.63) is 0 Å². The van der Waals surface area contributed by atoms with Gasteiger partial charge >= 0.3 is 12.0 Å². The van der Waals surface area contributed by atoms with Crippen molar-refractivity contribution in [2.75, 3.05) is 6.54 Å². The summed E-state index contributed by atoms with van der Waals surface area (Å²) in [5.41, 5.74) is -0.0255. The van der Waals surface area contributed by atoms with Gasteiger partial charge in [-0.3, -0.25) is 4.79 Å². The first-order valence-corrected chi connectivity index (χ1v) is 6.85. The Bertz CT molecular complexity index is 308. The van der Waals surface area contributed by atoms with Gasteiger partial charge in [0.2, 0.25) is 0 Å². The second-order valence-corrected chi connectivity index (χ2v) is 6.39. The highest BCUT2D eigenvalue weighted by atomic mass is 16.4. The summed E-state index contributed by atoms with van der Waals surface area (Å²) in [5, 5.41) is 11.8. The van der Waals surface area contributed by atoms with Crippen LogP contribution in [-0.2, 0) is 4.79 Å². The molecule has 0 bridgehead atoms. The minimum Gasteiger partial charge on any atom is -0.481 e. The van der Waals surface area contributed by atoms with E-state index in [1.807, 2.05) is 41.5 Å². The second kappa shape index (κ2) is 7.36. The van der Waals surface area contributed by atoms with Crippen LogP contribution in [0.4, 0.5) is 4.79 Å². The van der Waals surface area contributed by atoms with Crippen LogP contribution in [0.15, 0.2) is 0 Å². The van der Waals surface area contributed by atoms with Gasteiger partial charge in [-0.05, 0) is 32.6 Å². The molecular weight excluding hydrogens is 244 g/mol. The van der Waals surface area contributed by atoms with E-state index in [2.05, 4.69) is 5.32 Å². The van der Waals surface area contributed by atoms with E-state index >= 15 is 0 Å². The molecule has 0 aliphatic carbocycles. The van der Waals surface area contributed by atoms with Crippen molar-refractivity contribution >= 4 is 12.0 Å². The van der Waals surface area contributed by atoms with Crippen molar-refractivity contribution in [2.24, 2.45) is 5.41 Å². The third-order valence-corrected chi connectivity index (χ3v) is 2.83. The molecule has 0 heterocycles. The first kappa shape index (κ1) is 17.7. The van der Waals surface area contributed by atoms with Crippen LogP contribution < -0.4 is 5.32 Å². The van der Waals surface area contributed by atoms with Crippen LogP contribution in [0, 0.1) is 5.41 Å². The SMILES string of the molecule is CCN(C(=O)NC(CC(=O)O)CC(C)(C)C)C(C)C. The number of carboxylic acids is 1. The number of hydrogen-bond acceptors (Lipinski definition) is 2. The molecule has 0 fully saturated rings. The Hall–Kier alpha value is -1.26. The lowest BCUT2D eigenvalue weighted by atomic mass is 9.87. The number of urea groups is 1. The van der Waals surface area contributed by atoms with Crippen LogP contribution in [0.1, 0.15) is 54.4 Å². The average Bonchev–Trinajstić information content (AvgIpc) is 2.12. The van der Waals surface area contributed by atoms with Gasteiger partial charge in [0, 0.05) is 18.6 Å². The van der Waals surface area contributed by atoms with E-state index < -0.39 is 5.97 Å². The Kier molecular flexibility index (Phi) is 6.87. The van der Waals surface area contributed by atoms with Gasteiger partial charge in [0.05, 0.1) is 6.42 Å². The summed E-state index contributed by atoms with van der Waals surface area (Å²) < 4.78 is 0. The molecule has 0 aromatic heterocycles. The van der Waals surface area contributed by atoms with E-state index in [1.165, 1.54) is 0 Å². The Balaban J connectivity index is 4.71. The van der Waals surface area contributed by atoms with Gasteiger partial charge in [0.25, 0.3) is 0 Å². The van der Waals surface area contributed by atoms with Crippen LogP contribution in [-0.4, -0.2) is 40.6 Å². The fourth-order valence-electron chi connectivity index (χ4n) is 2.13. The van der Waals surface area contributed by atoms with E-state index in [0.717, 1.165) is 0 Å². The first-order valence-electron chi connectivity index (χ1n) is 6.85. The maximum atomic E-state index is 12.1. The maximum absolute atomic E-state index is 12.1. The number of nitrogens with zero attached hydrogens (tertiary/aromatic N) is 1. The lowest BCUT2D eigenvalue weighted by Crippen LogP contribution is -2.49. The van der Waals surface area contributed by atoms with E-state index in [1.54, 1.807) is 4.90 Å². The molecule has 0 aliphatic rings. The summed E-state index contributed by atoms with van der Waals surface area (Å²) in [6, 6.07) is -0.420. The molecule has 0 saturated carbocycles. The molecule has 19 heavy (non-hydrogen) atoms. The largest absolute Gasteiger partial charge is 0.481 e. The van der Waals surface area contributed by atoms with Crippen LogP contribution in [0.5, 0.6) is 0 Å². The molecule has 2 N–H and O–H groups in total. The summed E-state index contributed by atoms with van der Waals surface area (Å²) >= 11 is 0. The molecule has 112 valence electrons. The summed E-state index contributed by atoms with van der Waals surface area (Å²) in [4.78, 5) is 24.7. The number of carbonyl (C=O) groups is 2. The molecule has 0 aliphatic heterocycles. The number of hydrogen-bond donors (Lipinski definition) is 2. The highest BCUT2D eigenvalue weighted by Gasteiger charge is 2.25. The predicted octanol–water partition coefficient (Wildman–Crippen LogP) is 2.71. The Morgan fingerprint density at radius 3 is 2.11 bits per heavy atom. The number of carboxylic acid groups (broad SMARTS) is 1. The quantitative estimate of drug-likeness (QED) is 0.781. The molecule has 0 aromatic rings. The van der Waals surface area contributed by atoms with Crippen molar-refractivity contribution in [3.8, 4) is 0 Å². The van der Waals surface area contributed by atoms with E-state index in [4.69, 9.17) is 5.11 Å². The summed E-state index contributed by atoms with van der Waals surface area (Å²) in [6.45, 7) is 12.5. The predicted molar refractivity (Wildman–Crippen MR) is 76.2 cm³/mol. The van der Waals surface area contributed by atoms with Crippen LogP contribution in [0.2, 0.25) is 0 Å². The highest BCUT2D eigenvalue weighted by Crippen LogP contribution is 2.22. The lowest BCUT2D eigenvalue weighted by Gasteiger charge is -2.30. The summed E-state index contributed by atoms with van der Waals surface area (Å²) in [5.74, 6) is -0.887. The topological polar surface area (TPSA) is 69.6 Å². The normalized spacial score (nSPS) is 13.2. The lowest BCUT2D eigenvalue weighted by molar-refractivity contribution is -0.137. The van der Waals surface area contributed by atoms with Crippen LogP contribution in [0.3, 0.4) is 0 Å². The smallest absolute Gasteiger partial charge is 0.317 e. The summed E-state index contributed by atoms with van der Waals surface area (Å²) in [6.07, 6.45) is 0.597. The van der Waals surface area contributed by atoms with Gasteiger partial charge in [0.15, 0.2) is 0 Å². The van der Waals surface area contributed by atoms with Crippen molar-refractivity contribution in [1.29, 1.82) is 0 Å². The van der Waals surface area contributed by atoms with Gasteiger partial charge in [-0.25, -0.2) is 4.79 Å². The molecular formula is C14H28N2O3. The molecule has 5 heteroatoms. The molecule has 0 radical (unpaired) electrons. The zero-order valence-corrected chi connectivity index (χ0v) is 13.0. The van der Waals surface area contributed by atoms with Crippen molar-refractivity contribution in [2.45, 2.75) is 66.5 Å². The van der Waals surface area contributed by atoms with Gasteiger partial charge in [-0.2, -0.15) is 0 Å². The highest BCUT2D eigenvalue weighted by molar-refractivity contribution is 5.76. The van der Waals surface area contributed by atoms with Gasteiger partial charge in [0.1, 0.15) is 0 Å². The third-order valence-electron chi connectivity index (χ3n) is 2.83. The molecule has 0 saturated heterocycles. The van der Waals surface area contributed by atoms with Crippen LogP contribution in [0.25, 0.3) is 0 Å². The van der Waals surface area contributed by atoms with Gasteiger partial charge in [-0.1, -0.05) is 20.8 Å². The molecule has 0 rings (SSSR count). The molecule has 1 unspecified atom stereocenters. The maximum Gasteiger partial charge on any atom is 0.317 e. The minimum atomic E-state index is -0.887. The number of rotatable bonds is 6. The second-order valence-electron chi connectivity index (χ2n) is 6.39. The number of aliphatic carboxylic acids is 1. The minimum absolute atomic E-state index is 0.0255. The van der Waals surface area contributed by atoms with E-state index in [9.17, 15) is 9.59 Å². The van der Waals surface area contributed by atoms with Crippen molar-refractivity contribution < 1.29 is 14.7 Å². The molecule has 0 aromatic carbocycles. The summed E-state index contributed by atoms with van der Waals surface area (Å²) in [7, 11) is 0. The number of amides is 2. The Morgan fingerprint density at radius 2 is 1.79 bits per heavy atom. The standard InChI is InChI=1S/C14H28N2O3/c1-7-16(10(2)3)13(19)15-11(8-12(17)18)9-14(4,5)6/h10-11H,7-9H2,1-6H3,(H,15,19)(H,17,18). The van der Waals surface area contributed by atoms with Gasteiger partial charge in [-0.15, -0.1) is 0 Å². The monoisotopic (exact) mass is 272 g/mol. The van der Waals surface area contributed by atoms with Crippen LogP contribution >= 0.6 is 0 Å². The Morgan fingerprint density at radius 1 is 1.26 bits per heavy atom. The molecule has 5 nitrogen and oxygen atoms in total. The third kappa shape index (κ3) is 7.70. The fourth-order valence-corrected chi connectivity index (χ4v) is 2.13. The first-order chi connectivity index (χ1) is 8.56.